The van der Waals surface area contributed by atoms with Gasteiger partial charge in [-0.15, -0.1) is 0 Å². The number of carbonyl (C=O) groups excluding carboxylic acids is 1. The van der Waals surface area contributed by atoms with Crippen LogP contribution in [0.5, 0.6) is 11.5 Å². The summed E-state index contributed by atoms with van der Waals surface area (Å²) in [6, 6.07) is 13.2. The van der Waals surface area contributed by atoms with Crippen LogP contribution in [-0.2, 0) is 16.1 Å². The van der Waals surface area contributed by atoms with E-state index < -0.39 is 0 Å². The molecule has 2 aromatic carbocycles. The molecule has 0 saturated carbocycles. The topological polar surface area (TPSA) is 80.9 Å². The van der Waals surface area contributed by atoms with E-state index in [1.165, 1.54) is 0 Å². The first-order chi connectivity index (χ1) is 17.1. The molecule has 0 aliphatic carbocycles. The predicted octanol–water partition coefficient (Wildman–Crippen LogP) is 4.74. The smallest absolute Gasteiger partial charge is 0.226 e. The van der Waals surface area contributed by atoms with Gasteiger partial charge in [-0.05, 0) is 68.9 Å². The minimum absolute atomic E-state index is 0.0443. The Bertz CT molecular complexity index is 1260. The highest BCUT2D eigenvalue weighted by Crippen LogP contribution is 2.26. The van der Waals surface area contributed by atoms with Gasteiger partial charge < -0.3 is 24.1 Å². The lowest BCUT2D eigenvalue weighted by molar-refractivity contribution is -0.119. The van der Waals surface area contributed by atoms with Gasteiger partial charge in [0.2, 0.25) is 5.91 Å². The number of rotatable bonds is 7. The summed E-state index contributed by atoms with van der Waals surface area (Å²) < 4.78 is 17.4. The Labute approximate surface area is 205 Å². The van der Waals surface area contributed by atoms with Gasteiger partial charge in [0.1, 0.15) is 18.1 Å². The zero-order valence-corrected chi connectivity index (χ0v) is 20.2. The Balaban J connectivity index is 1.29. The molecule has 3 aromatic rings. The van der Waals surface area contributed by atoms with Crippen molar-refractivity contribution in [3.63, 3.8) is 0 Å². The van der Waals surface area contributed by atoms with E-state index in [2.05, 4.69) is 4.98 Å². The molecular weight excluding hydrogens is 444 g/mol. The maximum absolute atomic E-state index is 13.2. The molecule has 2 fully saturated rings. The number of aromatic nitrogens is 1. The molecule has 0 radical (unpaired) electrons. The van der Waals surface area contributed by atoms with E-state index >= 15 is 0 Å². The third-order valence-corrected chi connectivity index (χ3v) is 6.98. The Kier molecular flexibility index (Phi) is 7.04. The van der Waals surface area contributed by atoms with Crippen LogP contribution in [0.25, 0.3) is 10.9 Å². The minimum atomic E-state index is -0.0443. The number of piperidine rings is 1. The van der Waals surface area contributed by atoms with Crippen molar-refractivity contribution in [2.75, 3.05) is 31.3 Å². The lowest BCUT2D eigenvalue weighted by Crippen LogP contribution is -2.35. The zero-order valence-electron chi connectivity index (χ0n) is 20.2. The zero-order chi connectivity index (χ0) is 24.2. The SMILES string of the molecule is Cc1c(COc2cccc(OCC3CCOCC3)c2)[nH]c2ccc(N3CCCCC3=O)cc2c1=O. The highest BCUT2D eigenvalue weighted by atomic mass is 16.5. The summed E-state index contributed by atoms with van der Waals surface area (Å²) in [5.41, 5.74) is 2.83. The highest BCUT2D eigenvalue weighted by molar-refractivity contribution is 5.96. The summed E-state index contributed by atoms with van der Waals surface area (Å²) in [5.74, 6) is 2.10. The largest absolute Gasteiger partial charge is 0.493 e. The van der Waals surface area contributed by atoms with Crippen LogP contribution in [0.15, 0.2) is 47.3 Å². The standard InChI is InChI=1S/C28H32N2O5/c1-19-26(18-35-23-6-4-5-22(16-23)34-17-20-10-13-33-14-11-20)29-25-9-8-21(15-24(25)28(19)32)30-12-3-2-7-27(30)31/h4-6,8-9,15-16,20H,2-3,7,10-14,17-18H2,1H3,(H,29,32). The van der Waals surface area contributed by atoms with Crippen LogP contribution in [0.2, 0.25) is 0 Å². The normalized spacial score (nSPS) is 17.1. The Hall–Kier alpha value is -3.32. The number of H-pyrrole nitrogens is 1. The molecule has 0 atom stereocenters. The fourth-order valence-corrected chi connectivity index (χ4v) is 4.75. The number of anilines is 1. The summed E-state index contributed by atoms with van der Waals surface area (Å²) in [7, 11) is 0. The van der Waals surface area contributed by atoms with Crippen molar-refractivity contribution in [3.05, 3.63) is 63.9 Å². The second-order valence-electron chi connectivity index (χ2n) is 9.42. The second kappa shape index (κ2) is 10.5. The first-order valence-electron chi connectivity index (χ1n) is 12.5. The van der Waals surface area contributed by atoms with Crippen molar-refractivity contribution in [1.82, 2.24) is 4.98 Å². The van der Waals surface area contributed by atoms with E-state index in [4.69, 9.17) is 14.2 Å². The average molecular weight is 477 g/mol. The molecule has 1 N–H and O–H groups in total. The number of nitrogens with zero attached hydrogens (tertiary/aromatic N) is 1. The second-order valence-corrected chi connectivity index (χ2v) is 9.42. The van der Waals surface area contributed by atoms with Crippen molar-refractivity contribution < 1.29 is 19.0 Å². The third kappa shape index (κ3) is 5.35. The lowest BCUT2D eigenvalue weighted by atomic mass is 10.0. The van der Waals surface area contributed by atoms with Gasteiger partial charge in [0, 0.05) is 54.4 Å². The van der Waals surface area contributed by atoms with Gasteiger partial charge in [0.15, 0.2) is 5.43 Å². The maximum Gasteiger partial charge on any atom is 0.226 e. The summed E-state index contributed by atoms with van der Waals surface area (Å²) in [6.07, 6.45) is 4.53. The van der Waals surface area contributed by atoms with E-state index in [-0.39, 0.29) is 17.9 Å². The van der Waals surface area contributed by atoms with Gasteiger partial charge in [-0.25, -0.2) is 0 Å². The van der Waals surface area contributed by atoms with Gasteiger partial charge in [-0.1, -0.05) is 6.07 Å². The van der Waals surface area contributed by atoms with Gasteiger partial charge in [-0.2, -0.15) is 0 Å². The molecule has 5 rings (SSSR count). The van der Waals surface area contributed by atoms with Gasteiger partial charge in [0.05, 0.1) is 12.3 Å². The Morgan fingerprint density at radius 1 is 1.03 bits per heavy atom. The number of aromatic amines is 1. The lowest BCUT2D eigenvalue weighted by Gasteiger charge is -2.27. The number of carbonyl (C=O) groups is 1. The number of hydrogen-bond acceptors (Lipinski definition) is 5. The maximum atomic E-state index is 13.2. The number of hydrogen-bond donors (Lipinski definition) is 1. The van der Waals surface area contributed by atoms with E-state index in [9.17, 15) is 9.59 Å². The van der Waals surface area contributed by atoms with E-state index in [1.807, 2.05) is 49.4 Å². The quantitative estimate of drug-likeness (QED) is 0.533. The van der Waals surface area contributed by atoms with Gasteiger partial charge in [-0.3, -0.25) is 9.59 Å². The van der Waals surface area contributed by atoms with E-state index in [0.717, 1.165) is 61.5 Å². The monoisotopic (exact) mass is 476 g/mol. The molecule has 0 unspecified atom stereocenters. The van der Waals surface area contributed by atoms with Crippen molar-refractivity contribution in [2.45, 2.75) is 45.6 Å². The minimum Gasteiger partial charge on any atom is -0.493 e. The average Bonchev–Trinajstić information content (AvgIpc) is 2.90. The molecule has 2 saturated heterocycles. The molecule has 3 heterocycles. The first kappa shape index (κ1) is 23.4. The molecule has 7 nitrogen and oxygen atoms in total. The Morgan fingerprint density at radius 3 is 2.63 bits per heavy atom. The number of fused-ring (bicyclic) bond motifs is 1. The van der Waals surface area contributed by atoms with Crippen LogP contribution in [0.4, 0.5) is 5.69 Å². The number of benzene rings is 2. The highest BCUT2D eigenvalue weighted by Gasteiger charge is 2.20. The van der Waals surface area contributed by atoms with Crippen LogP contribution in [0.3, 0.4) is 0 Å². The fraction of sp³-hybridized carbons (Fsp3) is 0.429. The molecule has 35 heavy (non-hydrogen) atoms. The van der Waals surface area contributed by atoms with Crippen LogP contribution >= 0.6 is 0 Å². The third-order valence-electron chi connectivity index (χ3n) is 6.98. The van der Waals surface area contributed by atoms with E-state index in [1.54, 1.807) is 4.90 Å². The van der Waals surface area contributed by atoms with Crippen LogP contribution in [0, 0.1) is 12.8 Å². The summed E-state index contributed by atoms with van der Waals surface area (Å²) >= 11 is 0. The van der Waals surface area contributed by atoms with E-state index in [0.29, 0.717) is 42.2 Å². The molecule has 0 spiro atoms. The molecule has 0 bridgehead atoms. The fourth-order valence-electron chi connectivity index (χ4n) is 4.75. The Morgan fingerprint density at radius 2 is 1.83 bits per heavy atom. The first-order valence-corrected chi connectivity index (χ1v) is 12.5. The number of amides is 1. The summed E-state index contributed by atoms with van der Waals surface area (Å²) in [4.78, 5) is 30.6. The molecule has 7 heteroatoms. The molecule has 1 amide bonds. The van der Waals surface area contributed by atoms with Gasteiger partial charge in [0.25, 0.3) is 0 Å². The van der Waals surface area contributed by atoms with Crippen molar-refractivity contribution >= 4 is 22.5 Å². The molecule has 2 aliphatic rings. The number of pyridine rings is 1. The predicted molar refractivity (Wildman–Crippen MR) is 135 cm³/mol. The van der Waals surface area contributed by atoms with Crippen LogP contribution in [-0.4, -0.2) is 37.3 Å². The molecule has 1 aromatic heterocycles. The van der Waals surface area contributed by atoms with Crippen molar-refractivity contribution in [3.8, 4) is 11.5 Å². The van der Waals surface area contributed by atoms with Crippen molar-refractivity contribution in [2.24, 2.45) is 5.92 Å². The van der Waals surface area contributed by atoms with Gasteiger partial charge >= 0.3 is 0 Å². The molecule has 184 valence electrons. The summed E-state index contributed by atoms with van der Waals surface area (Å²) in [5, 5.41) is 0.589. The van der Waals surface area contributed by atoms with Crippen LogP contribution in [0.1, 0.15) is 43.4 Å². The summed E-state index contributed by atoms with van der Waals surface area (Å²) in [6.45, 7) is 5.03. The van der Waals surface area contributed by atoms with Crippen molar-refractivity contribution in [1.29, 1.82) is 0 Å². The molecular formula is C28H32N2O5. The number of ether oxygens (including phenoxy) is 3. The molecule has 2 aliphatic heterocycles. The number of nitrogens with one attached hydrogen (secondary N) is 1. The van der Waals surface area contributed by atoms with Crippen LogP contribution < -0.4 is 19.8 Å².